The Balaban J connectivity index is 1.75. The Labute approximate surface area is 122 Å². The normalized spacial score (nSPS) is 38.6. The van der Waals surface area contributed by atoms with Crippen LogP contribution in [0.3, 0.4) is 0 Å². The van der Waals surface area contributed by atoms with Gasteiger partial charge in [0.1, 0.15) is 11.6 Å². The van der Waals surface area contributed by atoms with Gasteiger partial charge < -0.3 is 10.3 Å². The summed E-state index contributed by atoms with van der Waals surface area (Å²) in [6.45, 7) is 5.34. The van der Waals surface area contributed by atoms with Crippen LogP contribution in [0.2, 0.25) is 0 Å². The molecule has 0 radical (unpaired) electrons. The first-order valence-electron chi connectivity index (χ1n) is 8.44. The standard InChI is InChI=1S/C17H27N3/c1-3-4-20-11(2)19-15(16(20)18)17-8-12-5-13(9-17)7-14(6-12)10-17/h12-14H,3-10,18H2,1-2H3. The molecule has 0 aromatic carbocycles. The Hall–Kier alpha value is -0.990. The van der Waals surface area contributed by atoms with Crippen LogP contribution in [0.5, 0.6) is 0 Å². The molecule has 0 unspecified atom stereocenters. The van der Waals surface area contributed by atoms with Gasteiger partial charge in [-0.15, -0.1) is 0 Å². The lowest BCUT2D eigenvalue weighted by atomic mass is 9.49. The summed E-state index contributed by atoms with van der Waals surface area (Å²) in [4.78, 5) is 4.96. The van der Waals surface area contributed by atoms with Crippen molar-refractivity contribution in [1.82, 2.24) is 9.55 Å². The van der Waals surface area contributed by atoms with Crippen molar-refractivity contribution in [1.29, 1.82) is 0 Å². The van der Waals surface area contributed by atoms with Crippen molar-refractivity contribution in [3.05, 3.63) is 11.5 Å². The fraction of sp³-hybridized carbons (Fsp3) is 0.824. The quantitative estimate of drug-likeness (QED) is 0.913. The fourth-order valence-corrected chi connectivity index (χ4v) is 5.88. The lowest BCUT2D eigenvalue weighted by molar-refractivity contribution is -0.00670. The number of imidazole rings is 1. The van der Waals surface area contributed by atoms with E-state index in [9.17, 15) is 0 Å². The summed E-state index contributed by atoms with van der Waals surface area (Å²) in [5, 5.41) is 0. The minimum Gasteiger partial charge on any atom is -0.384 e. The molecule has 4 aliphatic rings. The first-order valence-corrected chi connectivity index (χ1v) is 8.44. The summed E-state index contributed by atoms with van der Waals surface area (Å²) in [6, 6.07) is 0. The molecule has 1 aromatic heterocycles. The second kappa shape index (κ2) is 4.25. The minimum absolute atomic E-state index is 0.336. The smallest absolute Gasteiger partial charge is 0.127 e. The van der Waals surface area contributed by atoms with Crippen LogP contribution in [-0.4, -0.2) is 9.55 Å². The molecule has 0 aliphatic heterocycles. The van der Waals surface area contributed by atoms with Crippen LogP contribution in [0.15, 0.2) is 0 Å². The van der Waals surface area contributed by atoms with E-state index in [1.165, 1.54) is 44.2 Å². The zero-order valence-electron chi connectivity index (χ0n) is 12.9. The van der Waals surface area contributed by atoms with Gasteiger partial charge in [0.05, 0.1) is 5.69 Å². The van der Waals surface area contributed by atoms with Gasteiger partial charge in [-0.25, -0.2) is 4.98 Å². The number of nitrogen functional groups attached to an aromatic ring is 1. The molecule has 0 saturated heterocycles. The summed E-state index contributed by atoms with van der Waals surface area (Å²) in [5.74, 6) is 4.97. The zero-order chi connectivity index (χ0) is 13.9. The fourth-order valence-electron chi connectivity index (χ4n) is 5.88. The van der Waals surface area contributed by atoms with Gasteiger partial charge in [0.15, 0.2) is 0 Å². The molecule has 3 nitrogen and oxygen atoms in total. The lowest BCUT2D eigenvalue weighted by Crippen LogP contribution is -2.49. The van der Waals surface area contributed by atoms with Crippen molar-refractivity contribution in [2.75, 3.05) is 5.73 Å². The number of aromatic nitrogens is 2. The molecule has 1 aromatic rings. The van der Waals surface area contributed by atoms with Gasteiger partial charge in [0, 0.05) is 12.0 Å². The molecule has 3 heteroatoms. The molecular formula is C17H27N3. The van der Waals surface area contributed by atoms with E-state index in [4.69, 9.17) is 10.7 Å². The van der Waals surface area contributed by atoms with E-state index in [1.54, 1.807) is 0 Å². The van der Waals surface area contributed by atoms with Crippen molar-refractivity contribution < 1.29 is 0 Å². The van der Waals surface area contributed by atoms with Gasteiger partial charge in [-0.3, -0.25) is 0 Å². The van der Waals surface area contributed by atoms with Crippen LogP contribution < -0.4 is 5.73 Å². The Morgan fingerprint density at radius 2 is 1.70 bits per heavy atom. The molecule has 1 heterocycles. The topological polar surface area (TPSA) is 43.8 Å². The number of hydrogen-bond acceptors (Lipinski definition) is 2. The molecule has 0 amide bonds. The van der Waals surface area contributed by atoms with Gasteiger partial charge in [-0.2, -0.15) is 0 Å². The molecule has 4 aliphatic carbocycles. The van der Waals surface area contributed by atoms with Crippen molar-refractivity contribution in [3.8, 4) is 0 Å². The van der Waals surface area contributed by atoms with Crippen molar-refractivity contribution in [2.24, 2.45) is 17.8 Å². The van der Waals surface area contributed by atoms with Gasteiger partial charge in [-0.1, -0.05) is 6.92 Å². The lowest BCUT2D eigenvalue weighted by Gasteiger charge is -2.56. The first-order chi connectivity index (χ1) is 9.61. The number of aryl methyl sites for hydroxylation is 1. The third-order valence-electron chi connectivity index (χ3n) is 6.19. The average Bonchev–Trinajstić information content (AvgIpc) is 2.66. The molecule has 4 bridgehead atoms. The molecule has 20 heavy (non-hydrogen) atoms. The number of hydrogen-bond donors (Lipinski definition) is 1. The van der Waals surface area contributed by atoms with Gasteiger partial charge in [0.2, 0.25) is 0 Å². The maximum Gasteiger partial charge on any atom is 0.127 e. The van der Waals surface area contributed by atoms with Crippen LogP contribution >= 0.6 is 0 Å². The van der Waals surface area contributed by atoms with E-state index >= 15 is 0 Å². The highest BCUT2D eigenvalue weighted by Gasteiger charge is 2.53. The highest BCUT2D eigenvalue weighted by atomic mass is 15.1. The third kappa shape index (κ3) is 1.68. The minimum atomic E-state index is 0.336. The molecular weight excluding hydrogens is 246 g/mol. The van der Waals surface area contributed by atoms with E-state index in [0.29, 0.717) is 5.41 Å². The Morgan fingerprint density at radius 3 is 2.20 bits per heavy atom. The highest BCUT2D eigenvalue weighted by Crippen LogP contribution is 2.61. The Kier molecular flexibility index (Phi) is 2.71. The maximum absolute atomic E-state index is 6.51. The maximum atomic E-state index is 6.51. The monoisotopic (exact) mass is 273 g/mol. The van der Waals surface area contributed by atoms with E-state index in [1.807, 2.05) is 0 Å². The predicted molar refractivity (Wildman–Crippen MR) is 81.5 cm³/mol. The summed E-state index contributed by atoms with van der Waals surface area (Å²) in [7, 11) is 0. The zero-order valence-corrected chi connectivity index (χ0v) is 12.9. The Morgan fingerprint density at radius 1 is 1.15 bits per heavy atom. The molecule has 2 N–H and O–H groups in total. The van der Waals surface area contributed by atoms with Crippen molar-refractivity contribution in [3.63, 3.8) is 0 Å². The number of nitrogens with two attached hydrogens (primary N) is 1. The van der Waals surface area contributed by atoms with E-state index in [2.05, 4.69) is 18.4 Å². The second-order valence-corrected chi connectivity index (χ2v) is 7.74. The molecule has 0 atom stereocenters. The SMILES string of the molecule is CCCn1c(C)nc(C23CC4CC(CC(C4)C2)C3)c1N. The highest BCUT2D eigenvalue weighted by molar-refractivity contribution is 5.44. The predicted octanol–water partition coefficient (Wildman–Crippen LogP) is 3.65. The summed E-state index contributed by atoms with van der Waals surface area (Å²) < 4.78 is 2.24. The van der Waals surface area contributed by atoms with Crippen LogP contribution in [0.25, 0.3) is 0 Å². The first kappa shape index (κ1) is 12.7. The summed E-state index contributed by atoms with van der Waals surface area (Å²) >= 11 is 0. The van der Waals surface area contributed by atoms with E-state index < -0.39 is 0 Å². The van der Waals surface area contributed by atoms with Gasteiger partial charge in [-0.05, 0) is 69.6 Å². The number of nitrogens with zero attached hydrogens (tertiary/aromatic N) is 2. The number of anilines is 1. The van der Waals surface area contributed by atoms with Crippen LogP contribution in [0.4, 0.5) is 5.82 Å². The summed E-state index contributed by atoms with van der Waals surface area (Å²) in [6.07, 6.45) is 9.63. The van der Waals surface area contributed by atoms with Crippen molar-refractivity contribution in [2.45, 2.75) is 70.8 Å². The molecule has 0 spiro atoms. The van der Waals surface area contributed by atoms with Crippen LogP contribution in [0, 0.1) is 24.7 Å². The van der Waals surface area contributed by atoms with E-state index in [0.717, 1.165) is 42.4 Å². The van der Waals surface area contributed by atoms with Crippen LogP contribution in [-0.2, 0) is 12.0 Å². The molecule has 4 saturated carbocycles. The molecule has 4 fully saturated rings. The molecule has 5 rings (SSSR count). The number of rotatable bonds is 3. The largest absolute Gasteiger partial charge is 0.384 e. The van der Waals surface area contributed by atoms with Crippen molar-refractivity contribution >= 4 is 5.82 Å². The average molecular weight is 273 g/mol. The van der Waals surface area contributed by atoms with Crippen LogP contribution in [0.1, 0.15) is 63.4 Å². The van der Waals surface area contributed by atoms with Gasteiger partial charge >= 0.3 is 0 Å². The van der Waals surface area contributed by atoms with E-state index in [-0.39, 0.29) is 0 Å². The Bertz CT molecular complexity index is 493. The molecule has 110 valence electrons. The third-order valence-corrected chi connectivity index (χ3v) is 6.19. The second-order valence-electron chi connectivity index (χ2n) is 7.74. The van der Waals surface area contributed by atoms with Gasteiger partial charge in [0.25, 0.3) is 0 Å². The summed E-state index contributed by atoms with van der Waals surface area (Å²) in [5.41, 5.74) is 8.11.